The van der Waals surface area contributed by atoms with Gasteiger partial charge in [-0.15, -0.1) is 0 Å². The van der Waals surface area contributed by atoms with Crippen molar-refractivity contribution in [2.45, 2.75) is 33.2 Å². The molecule has 0 saturated heterocycles. The van der Waals surface area contributed by atoms with Crippen molar-refractivity contribution in [3.05, 3.63) is 52.8 Å². The number of hydrogen-bond acceptors (Lipinski definition) is 2. The van der Waals surface area contributed by atoms with Gasteiger partial charge in [0.2, 0.25) is 0 Å². The van der Waals surface area contributed by atoms with Crippen molar-refractivity contribution in [1.29, 1.82) is 0 Å². The van der Waals surface area contributed by atoms with Crippen molar-refractivity contribution >= 4 is 5.97 Å². The van der Waals surface area contributed by atoms with Crippen LogP contribution < -0.4 is 0 Å². The number of nitrogens with zero attached hydrogens (tertiary/aromatic N) is 2. The number of carbonyl (C=O) groups is 1. The first-order valence-electron chi connectivity index (χ1n) is 6.46. The minimum atomic E-state index is -0.971. The Balaban J connectivity index is 2.33. The van der Waals surface area contributed by atoms with Crippen LogP contribution in [0.1, 0.15) is 40.7 Å². The van der Waals surface area contributed by atoms with Crippen LogP contribution in [0.15, 0.2) is 30.3 Å². The van der Waals surface area contributed by atoms with Gasteiger partial charge >= 0.3 is 5.97 Å². The molecule has 4 heteroatoms. The molecule has 0 radical (unpaired) electrons. The van der Waals surface area contributed by atoms with Crippen molar-refractivity contribution < 1.29 is 9.90 Å². The number of carboxylic acid groups (broad SMARTS) is 1. The molecule has 0 aliphatic carbocycles. The van der Waals surface area contributed by atoms with Gasteiger partial charge in [0.15, 0.2) is 5.69 Å². The summed E-state index contributed by atoms with van der Waals surface area (Å²) in [5, 5.41) is 13.2. The average Bonchev–Trinajstić information content (AvgIpc) is 2.76. The quantitative estimate of drug-likeness (QED) is 0.897. The Morgan fingerprint density at radius 3 is 2.74 bits per heavy atom. The summed E-state index contributed by atoms with van der Waals surface area (Å²) in [6, 6.07) is 9.76. The third-order valence-corrected chi connectivity index (χ3v) is 3.17. The Morgan fingerprint density at radius 1 is 1.37 bits per heavy atom. The average molecular weight is 258 g/mol. The van der Waals surface area contributed by atoms with Crippen molar-refractivity contribution in [2.75, 3.05) is 0 Å². The summed E-state index contributed by atoms with van der Waals surface area (Å²) < 4.78 is 1.80. The highest BCUT2D eigenvalue weighted by atomic mass is 16.4. The van der Waals surface area contributed by atoms with Crippen LogP contribution >= 0.6 is 0 Å². The number of aryl methyl sites for hydroxylation is 2. The summed E-state index contributed by atoms with van der Waals surface area (Å²) in [6.45, 7) is 4.75. The lowest BCUT2D eigenvalue weighted by molar-refractivity contribution is 0.0689. The van der Waals surface area contributed by atoms with Gasteiger partial charge in [0.25, 0.3) is 0 Å². The topological polar surface area (TPSA) is 55.1 Å². The number of hydrogen-bond donors (Lipinski definition) is 1. The van der Waals surface area contributed by atoms with Gasteiger partial charge in [-0.25, -0.2) is 4.79 Å². The predicted octanol–water partition coefficient (Wildman–Crippen LogP) is 2.89. The highest BCUT2D eigenvalue weighted by Crippen LogP contribution is 2.13. The second kappa shape index (κ2) is 5.69. The van der Waals surface area contributed by atoms with E-state index in [0.717, 1.165) is 18.5 Å². The van der Waals surface area contributed by atoms with Crippen LogP contribution in [-0.4, -0.2) is 20.9 Å². The van der Waals surface area contributed by atoms with E-state index in [1.807, 2.05) is 18.2 Å². The monoisotopic (exact) mass is 258 g/mol. The summed E-state index contributed by atoms with van der Waals surface area (Å²) in [5.41, 5.74) is 3.46. The van der Waals surface area contributed by atoms with E-state index in [2.05, 4.69) is 25.0 Å². The Hall–Kier alpha value is -2.10. The molecular formula is C15H18N2O2. The van der Waals surface area contributed by atoms with Crippen molar-refractivity contribution in [2.24, 2.45) is 0 Å². The zero-order valence-corrected chi connectivity index (χ0v) is 11.3. The second-order valence-electron chi connectivity index (χ2n) is 4.66. The summed E-state index contributed by atoms with van der Waals surface area (Å²) in [7, 11) is 0. The fourth-order valence-electron chi connectivity index (χ4n) is 2.10. The molecule has 0 fully saturated rings. The van der Waals surface area contributed by atoms with E-state index in [4.69, 9.17) is 5.11 Å². The summed E-state index contributed by atoms with van der Waals surface area (Å²) in [6.07, 6.45) is 1.81. The molecule has 0 aliphatic heterocycles. The highest BCUT2D eigenvalue weighted by molar-refractivity contribution is 5.85. The van der Waals surface area contributed by atoms with Gasteiger partial charge in [0.1, 0.15) is 0 Å². The van der Waals surface area contributed by atoms with Crippen LogP contribution in [0.2, 0.25) is 0 Å². The number of aromatic nitrogens is 2. The fourth-order valence-corrected chi connectivity index (χ4v) is 2.10. The van der Waals surface area contributed by atoms with Crippen LogP contribution in [0.4, 0.5) is 0 Å². The normalized spacial score (nSPS) is 10.6. The van der Waals surface area contributed by atoms with Crippen LogP contribution in [0.5, 0.6) is 0 Å². The first-order valence-corrected chi connectivity index (χ1v) is 6.46. The summed E-state index contributed by atoms with van der Waals surface area (Å²) in [4.78, 5) is 11.0. The van der Waals surface area contributed by atoms with Gasteiger partial charge in [-0.05, 0) is 30.5 Å². The Bertz CT molecular complexity index is 588. The standard InChI is InChI=1S/C15H18N2O2/c1-3-6-13-9-14(15(18)19)16-17(13)10-12-8-5-4-7-11(12)2/h4-5,7-9H,3,6,10H2,1-2H3,(H,18,19). The molecule has 1 aromatic heterocycles. The lowest BCUT2D eigenvalue weighted by Gasteiger charge is -2.09. The van der Waals surface area contributed by atoms with Gasteiger partial charge in [-0.1, -0.05) is 37.6 Å². The predicted molar refractivity (Wildman–Crippen MR) is 73.5 cm³/mol. The molecule has 1 N–H and O–H groups in total. The Kier molecular flexibility index (Phi) is 4.00. The lowest BCUT2D eigenvalue weighted by atomic mass is 10.1. The molecule has 4 nitrogen and oxygen atoms in total. The number of aromatic carboxylic acids is 1. The van der Waals surface area contributed by atoms with Gasteiger partial charge in [-0.2, -0.15) is 5.10 Å². The molecule has 19 heavy (non-hydrogen) atoms. The molecule has 0 spiro atoms. The summed E-state index contributed by atoms with van der Waals surface area (Å²) >= 11 is 0. The van der Waals surface area contributed by atoms with E-state index in [9.17, 15) is 4.79 Å². The molecule has 2 aromatic rings. The Morgan fingerprint density at radius 2 is 2.11 bits per heavy atom. The van der Waals surface area contributed by atoms with Crippen LogP contribution in [0.3, 0.4) is 0 Å². The smallest absolute Gasteiger partial charge is 0.356 e. The van der Waals surface area contributed by atoms with Crippen molar-refractivity contribution in [3.8, 4) is 0 Å². The SMILES string of the molecule is CCCc1cc(C(=O)O)nn1Cc1ccccc1C. The fraction of sp³-hybridized carbons (Fsp3) is 0.333. The third-order valence-electron chi connectivity index (χ3n) is 3.17. The van der Waals surface area contributed by atoms with Crippen LogP contribution in [-0.2, 0) is 13.0 Å². The maximum Gasteiger partial charge on any atom is 0.356 e. The maximum atomic E-state index is 11.0. The van der Waals surface area contributed by atoms with E-state index in [1.54, 1.807) is 10.7 Å². The highest BCUT2D eigenvalue weighted by Gasteiger charge is 2.13. The third kappa shape index (κ3) is 3.02. The molecule has 100 valence electrons. The molecule has 1 aromatic carbocycles. The van der Waals surface area contributed by atoms with E-state index < -0.39 is 5.97 Å². The Labute approximate surface area is 112 Å². The number of benzene rings is 1. The van der Waals surface area contributed by atoms with E-state index in [-0.39, 0.29) is 5.69 Å². The molecule has 0 saturated carbocycles. The molecule has 0 unspecified atom stereocenters. The zero-order chi connectivity index (χ0) is 13.8. The first-order chi connectivity index (χ1) is 9.11. The van der Waals surface area contributed by atoms with Crippen molar-refractivity contribution in [3.63, 3.8) is 0 Å². The molecule has 0 atom stereocenters. The zero-order valence-electron chi connectivity index (χ0n) is 11.3. The molecule has 0 aliphatic rings. The lowest BCUT2D eigenvalue weighted by Crippen LogP contribution is -2.08. The number of rotatable bonds is 5. The van der Waals surface area contributed by atoms with Gasteiger partial charge < -0.3 is 5.11 Å². The first kappa shape index (κ1) is 13.3. The molecule has 0 bridgehead atoms. The maximum absolute atomic E-state index is 11.0. The minimum absolute atomic E-state index is 0.122. The molecule has 2 rings (SSSR count). The van der Waals surface area contributed by atoms with Gasteiger partial charge in [-0.3, -0.25) is 4.68 Å². The molecule has 1 heterocycles. The van der Waals surface area contributed by atoms with Crippen LogP contribution in [0.25, 0.3) is 0 Å². The van der Waals surface area contributed by atoms with Crippen LogP contribution in [0, 0.1) is 6.92 Å². The van der Waals surface area contributed by atoms with E-state index in [1.165, 1.54) is 11.1 Å². The minimum Gasteiger partial charge on any atom is -0.476 e. The second-order valence-corrected chi connectivity index (χ2v) is 4.66. The van der Waals surface area contributed by atoms with E-state index >= 15 is 0 Å². The number of carboxylic acids is 1. The van der Waals surface area contributed by atoms with Gasteiger partial charge in [0.05, 0.1) is 6.54 Å². The van der Waals surface area contributed by atoms with Crippen molar-refractivity contribution in [1.82, 2.24) is 9.78 Å². The largest absolute Gasteiger partial charge is 0.476 e. The van der Waals surface area contributed by atoms with E-state index in [0.29, 0.717) is 6.54 Å². The molecular weight excluding hydrogens is 240 g/mol. The molecule has 0 amide bonds. The van der Waals surface area contributed by atoms with Gasteiger partial charge in [0, 0.05) is 5.69 Å². The summed E-state index contributed by atoms with van der Waals surface area (Å²) in [5.74, 6) is -0.971.